The minimum Gasteiger partial charge on any atom is -0.380 e. The lowest BCUT2D eigenvalue weighted by Crippen LogP contribution is -2.38. The lowest BCUT2D eigenvalue weighted by atomic mass is 10.1. The van der Waals surface area contributed by atoms with Crippen LogP contribution in [-0.4, -0.2) is 51.8 Å². The molecule has 0 aliphatic rings. The molecule has 0 aromatic heterocycles. The van der Waals surface area contributed by atoms with E-state index in [1.807, 2.05) is 0 Å². The van der Waals surface area contributed by atoms with Crippen LogP contribution in [0.1, 0.15) is 31.4 Å². The van der Waals surface area contributed by atoms with Gasteiger partial charge in [-0.2, -0.15) is 0 Å². The van der Waals surface area contributed by atoms with E-state index in [2.05, 4.69) is 72.7 Å². The predicted molar refractivity (Wildman–Crippen MR) is 118 cm³/mol. The summed E-state index contributed by atoms with van der Waals surface area (Å²) in [6.45, 7) is 8.42. The maximum atomic E-state index is 5.60. The van der Waals surface area contributed by atoms with Crippen LogP contribution in [0.4, 0.5) is 0 Å². The highest BCUT2D eigenvalue weighted by Gasteiger charge is 2.01. The average molecular weight is 462 g/mol. The van der Waals surface area contributed by atoms with Crippen molar-refractivity contribution in [3.63, 3.8) is 0 Å². The van der Waals surface area contributed by atoms with Crippen molar-refractivity contribution in [2.75, 3.05) is 40.9 Å². The highest BCUT2D eigenvalue weighted by Crippen LogP contribution is 2.06. The second kappa shape index (κ2) is 14.3. The van der Waals surface area contributed by atoms with Crippen LogP contribution in [0.25, 0.3) is 0 Å². The van der Waals surface area contributed by atoms with Gasteiger partial charge in [0.15, 0.2) is 5.96 Å². The molecule has 25 heavy (non-hydrogen) atoms. The Kier molecular flexibility index (Phi) is 13.8. The Hall–Kier alpha value is -0.860. The number of halogens is 1. The molecule has 0 aliphatic carbocycles. The molecular weight excluding hydrogens is 427 g/mol. The number of hydrogen-bond donors (Lipinski definition) is 2. The molecule has 0 amide bonds. The van der Waals surface area contributed by atoms with Gasteiger partial charge in [0.2, 0.25) is 0 Å². The van der Waals surface area contributed by atoms with Crippen LogP contribution >= 0.6 is 24.0 Å². The van der Waals surface area contributed by atoms with Gasteiger partial charge in [0.1, 0.15) is 0 Å². The van der Waals surface area contributed by atoms with Gasteiger partial charge in [-0.1, -0.05) is 38.1 Å². The Bertz CT molecular complexity index is 492. The van der Waals surface area contributed by atoms with Crippen LogP contribution in [0, 0.1) is 5.92 Å². The van der Waals surface area contributed by atoms with Crippen LogP contribution in [-0.2, 0) is 17.8 Å². The number of guanidine groups is 1. The van der Waals surface area contributed by atoms with E-state index in [0.717, 1.165) is 38.6 Å². The second-order valence-electron chi connectivity index (χ2n) is 6.71. The molecule has 1 rings (SSSR count). The van der Waals surface area contributed by atoms with Gasteiger partial charge in [0.25, 0.3) is 0 Å². The Labute approximate surface area is 170 Å². The van der Waals surface area contributed by atoms with Gasteiger partial charge in [-0.15, -0.1) is 24.0 Å². The summed E-state index contributed by atoms with van der Waals surface area (Å²) in [5.74, 6) is 1.50. The lowest BCUT2D eigenvalue weighted by Gasteiger charge is -2.14. The first-order chi connectivity index (χ1) is 11.5. The fraction of sp³-hybridized carbons (Fsp3) is 0.632. The Morgan fingerprint density at radius 2 is 1.88 bits per heavy atom. The summed E-state index contributed by atoms with van der Waals surface area (Å²) in [7, 11) is 5.96. The molecule has 0 atom stereocenters. The Morgan fingerprint density at radius 3 is 2.52 bits per heavy atom. The van der Waals surface area contributed by atoms with Crippen molar-refractivity contribution < 1.29 is 4.74 Å². The van der Waals surface area contributed by atoms with Crippen LogP contribution in [0.2, 0.25) is 0 Å². The van der Waals surface area contributed by atoms with Gasteiger partial charge in [-0.05, 0) is 37.6 Å². The standard InChI is InChI=1S/C19H34N4O.HI/c1-16(2)9-11-24-12-10-21-19(20-3)22-14-17-7-6-8-18(13-17)15-23(4)5;/h6-8,13,16H,9-12,14-15H2,1-5H3,(H2,20,21,22);1H. The minimum atomic E-state index is 0. The second-order valence-corrected chi connectivity index (χ2v) is 6.71. The van der Waals surface area contributed by atoms with E-state index in [-0.39, 0.29) is 24.0 Å². The van der Waals surface area contributed by atoms with Crippen LogP contribution in [0.3, 0.4) is 0 Å². The summed E-state index contributed by atoms with van der Waals surface area (Å²) in [6.07, 6.45) is 1.11. The zero-order valence-electron chi connectivity index (χ0n) is 16.3. The van der Waals surface area contributed by atoms with Crippen LogP contribution < -0.4 is 10.6 Å². The van der Waals surface area contributed by atoms with E-state index in [1.165, 1.54) is 11.1 Å². The monoisotopic (exact) mass is 462 g/mol. The van der Waals surface area contributed by atoms with E-state index in [4.69, 9.17) is 4.74 Å². The first-order valence-electron chi connectivity index (χ1n) is 8.76. The van der Waals surface area contributed by atoms with Gasteiger partial charge in [0, 0.05) is 33.3 Å². The third-order valence-electron chi connectivity index (χ3n) is 3.55. The first kappa shape index (κ1) is 24.1. The third kappa shape index (κ3) is 12.2. The van der Waals surface area contributed by atoms with Gasteiger partial charge in [-0.25, -0.2) is 0 Å². The molecule has 5 nitrogen and oxygen atoms in total. The van der Waals surface area contributed by atoms with Gasteiger partial charge in [0.05, 0.1) is 6.61 Å². The number of nitrogens with one attached hydrogen (secondary N) is 2. The van der Waals surface area contributed by atoms with Crippen LogP contribution in [0.5, 0.6) is 0 Å². The quantitative estimate of drug-likeness (QED) is 0.243. The Morgan fingerprint density at radius 1 is 1.16 bits per heavy atom. The van der Waals surface area contributed by atoms with Crippen molar-refractivity contribution in [1.82, 2.24) is 15.5 Å². The SMILES string of the molecule is CN=C(NCCOCCC(C)C)NCc1cccc(CN(C)C)c1.I. The number of aliphatic imine (C=N–C) groups is 1. The molecule has 0 fully saturated rings. The molecule has 0 saturated heterocycles. The largest absolute Gasteiger partial charge is 0.380 e. The zero-order valence-corrected chi connectivity index (χ0v) is 18.7. The van der Waals surface area contributed by atoms with Crippen LogP contribution in [0.15, 0.2) is 29.3 Å². The fourth-order valence-electron chi connectivity index (χ4n) is 2.27. The maximum Gasteiger partial charge on any atom is 0.191 e. The normalized spacial score (nSPS) is 11.6. The zero-order chi connectivity index (χ0) is 17.8. The average Bonchev–Trinajstić information content (AvgIpc) is 2.53. The molecule has 1 aromatic rings. The molecule has 144 valence electrons. The molecule has 6 heteroatoms. The molecule has 1 aromatic carbocycles. The minimum absolute atomic E-state index is 0. The summed E-state index contributed by atoms with van der Waals surface area (Å²) in [6, 6.07) is 8.63. The highest BCUT2D eigenvalue weighted by atomic mass is 127. The molecule has 0 radical (unpaired) electrons. The maximum absolute atomic E-state index is 5.60. The number of benzene rings is 1. The van der Waals surface area contributed by atoms with Crippen molar-refractivity contribution in [2.45, 2.75) is 33.4 Å². The first-order valence-corrected chi connectivity index (χ1v) is 8.76. The van der Waals surface area contributed by atoms with Gasteiger partial charge >= 0.3 is 0 Å². The number of nitrogens with zero attached hydrogens (tertiary/aromatic N) is 2. The molecule has 0 spiro atoms. The lowest BCUT2D eigenvalue weighted by molar-refractivity contribution is 0.128. The summed E-state index contributed by atoms with van der Waals surface area (Å²) in [4.78, 5) is 6.42. The summed E-state index contributed by atoms with van der Waals surface area (Å²) in [5.41, 5.74) is 2.58. The van der Waals surface area contributed by atoms with E-state index in [0.29, 0.717) is 12.5 Å². The number of hydrogen-bond acceptors (Lipinski definition) is 3. The Balaban J connectivity index is 0.00000576. The smallest absolute Gasteiger partial charge is 0.191 e. The predicted octanol–water partition coefficient (Wildman–Crippen LogP) is 3.09. The van der Waals surface area contributed by atoms with E-state index in [9.17, 15) is 0 Å². The van der Waals surface area contributed by atoms with Gasteiger partial charge < -0.3 is 20.3 Å². The molecule has 0 unspecified atom stereocenters. The fourth-order valence-corrected chi connectivity index (χ4v) is 2.27. The van der Waals surface area contributed by atoms with E-state index >= 15 is 0 Å². The molecule has 0 heterocycles. The summed E-state index contributed by atoms with van der Waals surface area (Å²) >= 11 is 0. The topological polar surface area (TPSA) is 48.9 Å². The summed E-state index contributed by atoms with van der Waals surface area (Å²) in [5, 5.41) is 6.63. The van der Waals surface area contributed by atoms with E-state index in [1.54, 1.807) is 7.05 Å². The van der Waals surface area contributed by atoms with E-state index < -0.39 is 0 Å². The number of ether oxygens (including phenoxy) is 1. The van der Waals surface area contributed by atoms with Crippen molar-refractivity contribution in [3.05, 3.63) is 35.4 Å². The third-order valence-corrected chi connectivity index (χ3v) is 3.55. The molecule has 0 saturated carbocycles. The summed E-state index contributed by atoms with van der Waals surface area (Å²) < 4.78 is 5.60. The molecule has 0 bridgehead atoms. The van der Waals surface area contributed by atoms with Crippen molar-refractivity contribution >= 4 is 29.9 Å². The number of rotatable bonds is 10. The van der Waals surface area contributed by atoms with Crippen molar-refractivity contribution in [2.24, 2.45) is 10.9 Å². The molecule has 2 N–H and O–H groups in total. The highest BCUT2D eigenvalue weighted by molar-refractivity contribution is 14.0. The molecule has 0 aliphatic heterocycles. The van der Waals surface area contributed by atoms with Crippen molar-refractivity contribution in [3.8, 4) is 0 Å². The van der Waals surface area contributed by atoms with Gasteiger partial charge in [-0.3, -0.25) is 4.99 Å². The molecular formula is C19H35IN4O. The van der Waals surface area contributed by atoms with Crippen molar-refractivity contribution in [1.29, 1.82) is 0 Å².